The zero-order valence-corrected chi connectivity index (χ0v) is 14.1. The van der Waals surface area contributed by atoms with Crippen molar-refractivity contribution in [2.24, 2.45) is 5.73 Å². The standard InChI is InChI=1S/C20H19N3O3/c21-11-9-20(22)16-1-3-18(4-2-16)26-19-7-5-17(6-8-19)24-12-10-15-13-23-25-14-15/h1-9,11,13-14,22H,10,12,21H2. The SMILES string of the molecule is N=C(C=CN)c1ccc(Oc2ccc(OCCc3cnoc3)cc2)cc1. The molecule has 3 aromatic rings. The van der Waals surface area contributed by atoms with Gasteiger partial charge in [0.1, 0.15) is 23.5 Å². The van der Waals surface area contributed by atoms with Crippen molar-refractivity contribution in [2.75, 3.05) is 6.61 Å². The molecule has 0 saturated heterocycles. The van der Waals surface area contributed by atoms with Crippen LogP contribution in [0.4, 0.5) is 0 Å². The van der Waals surface area contributed by atoms with Crippen molar-refractivity contribution >= 4 is 5.71 Å². The average molecular weight is 349 g/mol. The van der Waals surface area contributed by atoms with Crippen molar-refractivity contribution in [3.05, 3.63) is 84.4 Å². The Morgan fingerprint density at radius 3 is 2.31 bits per heavy atom. The topological polar surface area (TPSA) is 94.4 Å². The number of rotatable bonds is 8. The van der Waals surface area contributed by atoms with Crippen LogP contribution in [-0.4, -0.2) is 17.5 Å². The van der Waals surface area contributed by atoms with Crippen LogP contribution in [0.2, 0.25) is 0 Å². The minimum absolute atomic E-state index is 0.353. The zero-order valence-electron chi connectivity index (χ0n) is 14.1. The second kappa shape index (κ2) is 8.53. The van der Waals surface area contributed by atoms with E-state index in [0.29, 0.717) is 23.8 Å². The lowest BCUT2D eigenvalue weighted by atomic mass is 10.1. The van der Waals surface area contributed by atoms with E-state index >= 15 is 0 Å². The summed E-state index contributed by atoms with van der Waals surface area (Å²) < 4.78 is 16.3. The van der Waals surface area contributed by atoms with Crippen molar-refractivity contribution in [1.29, 1.82) is 5.41 Å². The number of aromatic nitrogens is 1. The van der Waals surface area contributed by atoms with E-state index in [4.69, 9.17) is 25.1 Å². The van der Waals surface area contributed by atoms with Gasteiger partial charge in [0.15, 0.2) is 0 Å². The molecule has 0 unspecified atom stereocenters. The van der Waals surface area contributed by atoms with Gasteiger partial charge < -0.3 is 25.1 Å². The zero-order chi connectivity index (χ0) is 18.2. The summed E-state index contributed by atoms with van der Waals surface area (Å²) in [7, 11) is 0. The fourth-order valence-electron chi connectivity index (χ4n) is 2.27. The van der Waals surface area contributed by atoms with Crippen LogP contribution in [0.3, 0.4) is 0 Å². The van der Waals surface area contributed by atoms with Crippen LogP contribution in [0.15, 0.2) is 77.8 Å². The smallest absolute Gasteiger partial charge is 0.127 e. The summed E-state index contributed by atoms with van der Waals surface area (Å²) in [5, 5.41) is 11.5. The second-order valence-electron chi connectivity index (χ2n) is 5.50. The summed E-state index contributed by atoms with van der Waals surface area (Å²) in [6.45, 7) is 0.548. The Hall–Kier alpha value is -3.54. The van der Waals surface area contributed by atoms with Crippen LogP contribution in [0.1, 0.15) is 11.1 Å². The van der Waals surface area contributed by atoms with Gasteiger partial charge >= 0.3 is 0 Å². The Morgan fingerprint density at radius 1 is 1.04 bits per heavy atom. The van der Waals surface area contributed by atoms with Crippen molar-refractivity contribution in [3.63, 3.8) is 0 Å². The van der Waals surface area contributed by atoms with Gasteiger partial charge in [-0.1, -0.05) is 5.16 Å². The quantitative estimate of drug-likeness (QED) is 0.601. The highest BCUT2D eigenvalue weighted by molar-refractivity contribution is 6.06. The third-order valence-electron chi connectivity index (χ3n) is 3.63. The Bertz CT molecular complexity index is 854. The average Bonchev–Trinajstić information content (AvgIpc) is 3.17. The van der Waals surface area contributed by atoms with Gasteiger partial charge in [-0.15, -0.1) is 0 Å². The monoisotopic (exact) mass is 349 g/mol. The molecule has 6 nitrogen and oxygen atoms in total. The van der Waals surface area contributed by atoms with E-state index in [1.54, 1.807) is 12.5 Å². The number of nitrogens with zero attached hydrogens (tertiary/aromatic N) is 1. The molecule has 3 N–H and O–H groups in total. The number of benzene rings is 2. The van der Waals surface area contributed by atoms with Gasteiger partial charge in [0.25, 0.3) is 0 Å². The van der Waals surface area contributed by atoms with Gasteiger partial charge in [0.2, 0.25) is 0 Å². The molecule has 0 amide bonds. The molecule has 132 valence electrons. The fraction of sp³-hybridized carbons (Fsp3) is 0.100. The van der Waals surface area contributed by atoms with Crippen molar-refractivity contribution in [3.8, 4) is 17.2 Å². The minimum Gasteiger partial charge on any atom is -0.493 e. The number of allylic oxidation sites excluding steroid dienone is 1. The summed E-state index contributed by atoms with van der Waals surface area (Å²) in [4.78, 5) is 0. The molecule has 2 aromatic carbocycles. The molecule has 0 aliphatic rings. The molecular formula is C20H19N3O3. The first-order valence-corrected chi connectivity index (χ1v) is 8.11. The molecular weight excluding hydrogens is 330 g/mol. The number of ether oxygens (including phenoxy) is 2. The Labute approximate surface area is 151 Å². The highest BCUT2D eigenvalue weighted by Gasteiger charge is 2.02. The molecule has 0 spiro atoms. The van der Waals surface area contributed by atoms with Gasteiger partial charge in [-0.2, -0.15) is 0 Å². The third kappa shape index (κ3) is 4.73. The molecule has 1 heterocycles. The highest BCUT2D eigenvalue weighted by Crippen LogP contribution is 2.24. The molecule has 3 rings (SSSR count). The van der Waals surface area contributed by atoms with E-state index in [2.05, 4.69) is 5.16 Å². The molecule has 0 saturated carbocycles. The van der Waals surface area contributed by atoms with Gasteiger partial charge in [0, 0.05) is 12.0 Å². The summed E-state index contributed by atoms with van der Waals surface area (Å²) in [6.07, 6.45) is 6.92. The molecule has 0 fully saturated rings. The van der Waals surface area contributed by atoms with E-state index in [1.807, 2.05) is 48.5 Å². The summed E-state index contributed by atoms with van der Waals surface area (Å²) in [5.74, 6) is 2.17. The largest absolute Gasteiger partial charge is 0.493 e. The first-order valence-electron chi connectivity index (χ1n) is 8.11. The summed E-state index contributed by atoms with van der Waals surface area (Å²) in [5.41, 5.74) is 7.43. The lowest BCUT2D eigenvalue weighted by Crippen LogP contribution is -2.00. The Balaban J connectivity index is 1.52. The maximum atomic E-state index is 7.82. The molecule has 26 heavy (non-hydrogen) atoms. The molecule has 0 aliphatic carbocycles. The first kappa shape index (κ1) is 17.3. The van der Waals surface area contributed by atoms with Crippen molar-refractivity contribution in [1.82, 2.24) is 5.16 Å². The predicted octanol–water partition coefficient (Wildman–Crippen LogP) is 3.93. The number of nitrogens with two attached hydrogens (primary N) is 1. The maximum Gasteiger partial charge on any atom is 0.127 e. The van der Waals surface area contributed by atoms with Gasteiger partial charge in [-0.05, 0) is 66.4 Å². The third-order valence-corrected chi connectivity index (χ3v) is 3.63. The van der Waals surface area contributed by atoms with Crippen LogP contribution in [-0.2, 0) is 6.42 Å². The lowest BCUT2D eigenvalue weighted by Gasteiger charge is -2.09. The number of nitrogens with one attached hydrogen (secondary N) is 1. The van der Waals surface area contributed by atoms with E-state index in [1.165, 1.54) is 12.3 Å². The van der Waals surface area contributed by atoms with Crippen molar-refractivity contribution in [2.45, 2.75) is 6.42 Å². The van der Waals surface area contributed by atoms with Crippen LogP contribution >= 0.6 is 0 Å². The van der Waals surface area contributed by atoms with E-state index in [-0.39, 0.29) is 0 Å². The van der Waals surface area contributed by atoms with Gasteiger partial charge in [-0.3, -0.25) is 0 Å². The summed E-state index contributed by atoms with van der Waals surface area (Å²) >= 11 is 0. The predicted molar refractivity (Wildman–Crippen MR) is 98.8 cm³/mol. The molecule has 1 aromatic heterocycles. The van der Waals surface area contributed by atoms with Crippen molar-refractivity contribution < 1.29 is 14.0 Å². The van der Waals surface area contributed by atoms with Crippen LogP contribution in [0, 0.1) is 5.41 Å². The normalized spacial score (nSPS) is 10.8. The van der Waals surface area contributed by atoms with Crippen LogP contribution in [0.25, 0.3) is 0 Å². The minimum atomic E-state index is 0.353. The Morgan fingerprint density at radius 2 is 1.69 bits per heavy atom. The molecule has 0 atom stereocenters. The lowest BCUT2D eigenvalue weighted by molar-refractivity contribution is 0.321. The van der Waals surface area contributed by atoms with E-state index in [9.17, 15) is 0 Å². The van der Waals surface area contributed by atoms with E-state index < -0.39 is 0 Å². The van der Waals surface area contributed by atoms with Gasteiger partial charge in [0.05, 0.1) is 18.5 Å². The summed E-state index contributed by atoms with van der Waals surface area (Å²) in [6, 6.07) is 14.7. The Kier molecular flexibility index (Phi) is 5.67. The molecule has 0 bridgehead atoms. The maximum absolute atomic E-state index is 7.82. The number of hydrogen-bond donors (Lipinski definition) is 2. The van der Waals surface area contributed by atoms with Gasteiger partial charge in [-0.25, -0.2) is 0 Å². The first-order chi connectivity index (χ1) is 12.7. The molecule has 6 heteroatoms. The molecule has 0 aliphatic heterocycles. The number of hydrogen-bond acceptors (Lipinski definition) is 6. The van der Waals surface area contributed by atoms with Crippen LogP contribution in [0.5, 0.6) is 17.2 Å². The fourth-order valence-corrected chi connectivity index (χ4v) is 2.27. The highest BCUT2D eigenvalue weighted by atomic mass is 16.5. The van der Waals surface area contributed by atoms with E-state index in [0.717, 1.165) is 23.3 Å². The molecule has 0 radical (unpaired) electrons. The second-order valence-corrected chi connectivity index (χ2v) is 5.50. The van der Waals surface area contributed by atoms with Crippen LogP contribution < -0.4 is 15.2 Å².